The zero-order valence-corrected chi connectivity index (χ0v) is 29.2. The summed E-state index contributed by atoms with van der Waals surface area (Å²) in [4.78, 5) is 12.5. The number of aromatic nitrogens is 4. The molecule has 0 saturated carbocycles. The van der Waals surface area contributed by atoms with Crippen LogP contribution in [0.3, 0.4) is 0 Å². The normalized spacial score (nSPS) is 13.4. The van der Waals surface area contributed by atoms with Crippen molar-refractivity contribution in [1.29, 1.82) is 0 Å². The van der Waals surface area contributed by atoms with E-state index in [0.717, 1.165) is 67.5 Å². The van der Waals surface area contributed by atoms with E-state index in [1.165, 1.54) is 22.2 Å². The van der Waals surface area contributed by atoms with Crippen molar-refractivity contribution < 1.29 is 4.74 Å². The number of hydrogen-bond donors (Lipinski definition) is 0. The fraction of sp³-hybridized carbons (Fsp3) is 0.0870. The summed E-state index contributed by atoms with van der Waals surface area (Å²) in [7, 11) is 2.05. The molecule has 0 radical (unpaired) electrons. The summed E-state index contributed by atoms with van der Waals surface area (Å²) in [6.07, 6.45) is 2.06. The smallest absolute Gasteiger partial charge is 0.146 e. The number of para-hydroxylation sites is 5. The fourth-order valence-corrected chi connectivity index (χ4v) is 8.22. The first kappa shape index (κ1) is 30.2. The molecule has 0 unspecified atom stereocenters. The monoisotopic (exact) mass is 673 g/mol. The quantitative estimate of drug-likeness (QED) is 0.182. The van der Waals surface area contributed by atoms with E-state index < -0.39 is 0 Å². The van der Waals surface area contributed by atoms with E-state index in [9.17, 15) is 0 Å². The van der Waals surface area contributed by atoms with E-state index >= 15 is 0 Å². The molecule has 3 aromatic heterocycles. The Morgan fingerprint density at radius 2 is 1.31 bits per heavy atom. The number of rotatable bonds is 5. The molecule has 52 heavy (non-hydrogen) atoms. The third-order valence-electron chi connectivity index (χ3n) is 10.6. The van der Waals surface area contributed by atoms with E-state index in [1.807, 2.05) is 36.4 Å². The second-order valence-electron chi connectivity index (χ2n) is 14.0. The minimum atomic E-state index is -0.289. The molecule has 0 fully saturated rings. The van der Waals surface area contributed by atoms with Crippen LogP contribution in [0.5, 0.6) is 11.5 Å². The maximum absolute atomic E-state index is 6.57. The average Bonchev–Trinajstić information content (AvgIpc) is 3.70. The van der Waals surface area contributed by atoms with Gasteiger partial charge < -0.3 is 14.2 Å². The zero-order chi connectivity index (χ0) is 35.0. The largest absolute Gasteiger partial charge is 0.457 e. The Labute approximate surface area is 301 Å². The Balaban J connectivity index is 1.11. The summed E-state index contributed by atoms with van der Waals surface area (Å²) < 4.78 is 11.0. The van der Waals surface area contributed by atoms with Gasteiger partial charge >= 0.3 is 0 Å². The Morgan fingerprint density at radius 3 is 2.15 bits per heavy atom. The van der Waals surface area contributed by atoms with Gasteiger partial charge in [0.25, 0.3) is 0 Å². The molecule has 6 heteroatoms. The van der Waals surface area contributed by atoms with E-state index in [-0.39, 0.29) is 5.41 Å². The van der Waals surface area contributed by atoms with Gasteiger partial charge in [0.1, 0.15) is 23.0 Å². The highest BCUT2D eigenvalue weighted by Gasteiger charge is 2.39. The van der Waals surface area contributed by atoms with Crippen LogP contribution in [-0.2, 0) is 12.5 Å². The molecule has 10 rings (SSSR count). The van der Waals surface area contributed by atoms with Crippen molar-refractivity contribution in [3.8, 4) is 28.6 Å². The summed E-state index contributed by atoms with van der Waals surface area (Å²) in [6.45, 7) is 4.68. The number of pyridine rings is 1. The van der Waals surface area contributed by atoms with Gasteiger partial charge in [-0.25, -0.2) is 9.97 Å². The highest BCUT2D eigenvalue weighted by atomic mass is 16.5. The van der Waals surface area contributed by atoms with E-state index in [1.54, 1.807) is 0 Å². The summed E-state index contributed by atoms with van der Waals surface area (Å²) in [5, 5.41) is 2.33. The van der Waals surface area contributed by atoms with Gasteiger partial charge in [-0.2, -0.15) is 0 Å². The molecular formula is C46H35N5O. The highest BCUT2D eigenvalue weighted by molar-refractivity contribution is 6.12. The van der Waals surface area contributed by atoms with Gasteiger partial charge in [0.2, 0.25) is 0 Å². The Hall–Kier alpha value is -6.66. The predicted octanol–water partition coefficient (Wildman–Crippen LogP) is 11.6. The van der Waals surface area contributed by atoms with Gasteiger partial charge in [-0.1, -0.05) is 98.8 Å². The standard InChI is InChI=1S/C46H35N5O/c1-46(2)36-22-8-11-25-39(36)50(31-16-5-4-6-17-31)41-29-47-45-42(43(41)46)35-21-7-10-24-38(35)51(45)32-18-14-20-34(28-32)52-33-19-13-15-30(27-33)44-48-37-23-9-12-26-40(37)49(44)3/h4-29H,1-3H3. The fourth-order valence-electron chi connectivity index (χ4n) is 8.22. The number of imidazole rings is 1. The molecule has 250 valence electrons. The molecule has 0 amide bonds. The molecule has 1 aliphatic heterocycles. The van der Waals surface area contributed by atoms with Crippen LogP contribution in [-0.4, -0.2) is 19.1 Å². The van der Waals surface area contributed by atoms with Crippen molar-refractivity contribution in [2.45, 2.75) is 19.3 Å². The van der Waals surface area contributed by atoms with Crippen LogP contribution in [0.15, 0.2) is 158 Å². The molecule has 0 atom stereocenters. The van der Waals surface area contributed by atoms with Crippen molar-refractivity contribution in [3.05, 3.63) is 169 Å². The van der Waals surface area contributed by atoms with Gasteiger partial charge in [-0.15, -0.1) is 0 Å². The SMILES string of the molecule is Cn1c(-c2cccc(Oc3cccc(-n4c5ccccc5c5c6c(cnc54)N(c4ccccc4)c4ccccc4C6(C)C)c3)c2)nc2ccccc21. The maximum Gasteiger partial charge on any atom is 0.146 e. The van der Waals surface area contributed by atoms with Gasteiger partial charge in [0, 0.05) is 40.6 Å². The van der Waals surface area contributed by atoms with Gasteiger partial charge in [-0.05, 0) is 71.8 Å². The summed E-state index contributed by atoms with van der Waals surface area (Å²) >= 11 is 0. The number of hydrogen-bond acceptors (Lipinski definition) is 4. The number of ether oxygens (including phenoxy) is 1. The Kier molecular flexibility index (Phi) is 6.64. The lowest BCUT2D eigenvalue weighted by Crippen LogP contribution is -2.31. The Morgan fingerprint density at radius 1 is 0.615 bits per heavy atom. The summed E-state index contributed by atoms with van der Waals surface area (Å²) in [5.74, 6) is 2.39. The maximum atomic E-state index is 6.57. The van der Waals surface area contributed by atoms with E-state index in [0.29, 0.717) is 0 Å². The number of anilines is 3. The minimum Gasteiger partial charge on any atom is -0.457 e. The third kappa shape index (κ3) is 4.50. The second kappa shape index (κ2) is 11.4. The zero-order valence-electron chi connectivity index (χ0n) is 29.2. The van der Waals surface area contributed by atoms with E-state index in [2.05, 4.69) is 156 Å². The highest BCUT2D eigenvalue weighted by Crippen LogP contribution is 2.54. The second-order valence-corrected chi connectivity index (χ2v) is 14.0. The van der Waals surface area contributed by atoms with Crippen LogP contribution in [0.1, 0.15) is 25.0 Å². The van der Waals surface area contributed by atoms with Crippen LogP contribution in [0.2, 0.25) is 0 Å². The molecule has 1 aliphatic rings. The lowest BCUT2D eigenvalue weighted by atomic mass is 9.72. The van der Waals surface area contributed by atoms with E-state index in [4.69, 9.17) is 14.7 Å². The predicted molar refractivity (Wildman–Crippen MR) is 212 cm³/mol. The lowest BCUT2D eigenvalue weighted by molar-refractivity contribution is 0.482. The van der Waals surface area contributed by atoms with Crippen molar-refractivity contribution in [2.24, 2.45) is 7.05 Å². The molecule has 0 spiro atoms. The minimum absolute atomic E-state index is 0.289. The molecule has 6 aromatic carbocycles. The third-order valence-corrected chi connectivity index (χ3v) is 10.6. The van der Waals surface area contributed by atoms with Gasteiger partial charge in [0.15, 0.2) is 0 Å². The molecule has 0 aliphatic carbocycles. The van der Waals surface area contributed by atoms with Crippen LogP contribution in [0.25, 0.3) is 50.0 Å². The lowest BCUT2D eigenvalue weighted by Gasteiger charge is -2.42. The van der Waals surface area contributed by atoms with Crippen LogP contribution < -0.4 is 9.64 Å². The molecule has 0 N–H and O–H groups in total. The molecular weight excluding hydrogens is 639 g/mol. The Bertz CT molecular complexity index is 2830. The van der Waals surface area contributed by atoms with Gasteiger partial charge in [-0.3, -0.25) is 4.57 Å². The number of nitrogens with zero attached hydrogens (tertiary/aromatic N) is 5. The first-order valence-electron chi connectivity index (χ1n) is 17.6. The summed E-state index contributed by atoms with van der Waals surface area (Å²) in [5.41, 5.74) is 11.7. The van der Waals surface area contributed by atoms with Crippen LogP contribution in [0, 0.1) is 0 Å². The summed E-state index contributed by atoms with van der Waals surface area (Å²) in [6, 6.07) is 52.7. The number of fused-ring (bicyclic) bond motifs is 7. The molecule has 0 saturated heterocycles. The van der Waals surface area contributed by atoms with Crippen molar-refractivity contribution in [2.75, 3.05) is 4.90 Å². The van der Waals surface area contributed by atoms with Crippen LogP contribution in [0.4, 0.5) is 17.1 Å². The van der Waals surface area contributed by atoms with Crippen molar-refractivity contribution in [3.63, 3.8) is 0 Å². The molecule has 4 heterocycles. The molecule has 6 nitrogen and oxygen atoms in total. The first-order chi connectivity index (χ1) is 25.5. The average molecular weight is 674 g/mol. The topological polar surface area (TPSA) is 48.1 Å². The molecule has 0 bridgehead atoms. The van der Waals surface area contributed by atoms with Crippen molar-refractivity contribution in [1.82, 2.24) is 19.1 Å². The molecule has 9 aromatic rings. The first-order valence-corrected chi connectivity index (χ1v) is 17.6. The number of benzene rings is 6. The van der Waals surface area contributed by atoms with Gasteiger partial charge in [0.05, 0.1) is 39.8 Å². The van der Waals surface area contributed by atoms with Crippen LogP contribution >= 0.6 is 0 Å². The number of aryl methyl sites for hydroxylation is 1. The van der Waals surface area contributed by atoms with Crippen molar-refractivity contribution >= 4 is 50.0 Å².